The molecule has 0 aromatic rings. The molecule has 1 nitrogen and oxygen atoms in total. The van der Waals surface area contributed by atoms with E-state index in [0.29, 0.717) is 0 Å². The normalized spacial score (nSPS) is 9.69. The van der Waals surface area contributed by atoms with Crippen LogP contribution in [0.15, 0.2) is 0 Å². The Balaban J connectivity index is 0. The first kappa shape index (κ1) is 15.4. The molecule has 0 atom stereocenters. The molecule has 0 fully saturated rings. The van der Waals surface area contributed by atoms with Crippen LogP contribution >= 0.6 is 0 Å². The molecule has 0 unspecified atom stereocenters. The van der Waals surface area contributed by atoms with Crippen LogP contribution in [0.5, 0.6) is 0 Å². The van der Waals surface area contributed by atoms with Crippen LogP contribution in [-0.2, 0) is 0 Å². The van der Waals surface area contributed by atoms with E-state index >= 15 is 0 Å². The predicted octanol–water partition coefficient (Wildman–Crippen LogP) is 3.93. The second kappa shape index (κ2) is 14.5. The van der Waals surface area contributed by atoms with Gasteiger partial charge in [-0.2, -0.15) is 0 Å². The lowest BCUT2D eigenvalue weighted by Crippen LogP contribution is -2.20. The van der Waals surface area contributed by atoms with Gasteiger partial charge in [0.25, 0.3) is 0 Å². The molecule has 0 radical (unpaired) electrons. The van der Waals surface area contributed by atoms with E-state index in [2.05, 4.69) is 25.8 Å². The van der Waals surface area contributed by atoms with E-state index in [1.54, 1.807) is 0 Å². The first-order valence-electron chi connectivity index (χ1n) is 5.99. The molecule has 0 aliphatic heterocycles. The van der Waals surface area contributed by atoms with Crippen molar-refractivity contribution >= 4 is 0 Å². The van der Waals surface area contributed by atoms with Crippen LogP contribution in [0.1, 0.15) is 59.8 Å². The molecule has 0 N–H and O–H groups in total. The molecule has 82 valence electrons. The summed E-state index contributed by atoms with van der Waals surface area (Å²) in [4.78, 5) is 2.44. The van der Waals surface area contributed by atoms with Crippen LogP contribution in [0.25, 0.3) is 0 Å². The average Bonchev–Trinajstić information content (AvgIpc) is 2.18. The van der Waals surface area contributed by atoms with Crippen molar-refractivity contribution in [2.75, 3.05) is 20.1 Å². The maximum Gasteiger partial charge on any atom is -0.00218 e. The molecule has 0 saturated heterocycles. The monoisotopic (exact) mass is 187 g/mol. The smallest absolute Gasteiger partial charge is 0.00218 e. The lowest BCUT2D eigenvalue weighted by Gasteiger charge is -2.15. The van der Waals surface area contributed by atoms with Gasteiger partial charge in [-0.25, -0.2) is 0 Å². The van der Waals surface area contributed by atoms with Crippen LogP contribution < -0.4 is 0 Å². The first-order valence-corrected chi connectivity index (χ1v) is 5.99. The standard InChI is InChI=1S/C10H23N.C2H6/c1-4-6-8-10-11(3)9-7-5-2;1-2/h4-10H2,1-3H3;1-2H3. The Hall–Kier alpha value is -0.0400. The lowest BCUT2D eigenvalue weighted by atomic mass is 10.2. The Bertz CT molecular complexity index is 71.5. The summed E-state index contributed by atoms with van der Waals surface area (Å²) in [5, 5.41) is 0. The number of hydrogen-bond donors (Lipinski definition) is 0. The summed E-state index contributed by atoms with van der Waals surface area (Å²) >= 11 is 0. The quantitative estimate of drug-likeness (QED) is 0.546. The number of nitrogens with zero attached hydrogens (tertiary/aromatic N) is 1. The Kier molecular flexibility index (Phi) is 17.2. The highest BCUT2D eigenvalue weighted by Gasteiger charge is 1.95. The number of hydrogen-bond acceptors (Lipinski definition) is 1. The summed E-state index contributed by atoms with van der Waals surface area (Å²) in [6, 6.07) is 0. The van der Waals surface area contributed by atoms with Crippen molar-refractivity contribution in [3.05, 3.63) is 0 Å². The van der Waals surface area contributed by atoms with Crippen LogP contribution in [0, 0.1) is 0 Å². The van der Waals surface area contributed by atoms with Crippen molar-refractivity contribution < 1.29 is 0 Å². The minimum absolute atomic E-state index is 1.28. The molecule has 1 heteroatoms. The van der Waals surface area contributed by atoms with E-state index in [4.69, 9.17) is 0 Å². The van der Waals surface area contributed by atoms with Gasteiger partial charge in [0.05, 0.1) is 0 Å². The highest BCUT2D eigenvalue weighted by Crippen LogP contribution is 1.97. The largest absolute Gasteiger partial charge is 0.306 e. The molecular formula is C12H29N. The molecule has 0 heterocycles. The van der Waals surface area contributed by atoms with E-state index in [0.717, 1.165) is 0 Å². The van der Waals surface area contributed by atoms with Gasteiger partial charge in [-0.15, -0.1) is 0 Å². The summed E-state index contributed by atoms with van der Waals surface area (Å²) < 4.78 is 0. The number of rotatable bonds is 7. The van der Waals surface area contributed by atoms with Gasteiger partial charge in [0, 0.05) is 0 Å². The van der Waals surface area contributed by atoms with Crippen LogP contribution in [0.3, 0.4) is 0 Å². The predicted molar refractivity (Wildman–Crippen MR) is 63.3 cm³/mol. The fourth-order valence-electron chi connectivity index (χ4n) is 1.17. The van der Waals surface area contributed by atoms with Crippen molar-refractivity contribution in [3.8, 4) is 0 Å². The zero-order chi connectivity index (χ0) is 10.5. The topological polar surface area (TPSA) is 3.24 Å². The highest BCUT2D eigenvalue weighted by molar-refractivity contribution is 4.50. The molecule has 13 heavy (non-hydrogen) atoms. The molecule has 0 amide bonds. The van der Waals surface area contributed by atoms with Crippen molar-refractivity contribution in [2.45, 2.75) is 59.8 Å². The van der Waals surface area contributed by atoms with E-state index < -0.39 is 0 Å². The zero-order valence-electron chi connectivity index (χ0n) is 10.4. The number of unbranched alkanes of at least 4 members (excludes halogenated alkanes) is 3. The summed E-state index contributed by atoms with van der Waals surface area (Å²) in [7, 11) is 2.23. The Morgan fingerprint density at radius 2 is 1.23 bits per heavy atom. The second-order valence-electron chi connectivity index (χ2n) is 3.36. The molecule has 0 saturated carbocycles. The minimum atomic E-state index is 1.28. The van der Waals surface area contributed by atoms with Gasteiger partial charge in [0.2, 0.25) is 0 Å². The molecule has 0 spiro atoms. The zero-order valence-corrected chi connectivity index (χ0v) is 10.4. The lowest BCUT2D eigenvalue weighted by molar-refractivity contribution is 0.320. The summed E-state index contributed by atoms with van der Waals surface area (Å²) in [5.74, 6) is 0. The van der Waals surface area contributed by atoms with Crippen LogP contribution in [0.2, 0.25) is 0 Å². The van der Waals surface area contributed by atoms with Gasteiger partial charge in [-0.3, -0.25) is 0 Å². The molecule has 0 rings (SSSR count). The van der Waals surface area contributed by atoms with Crippen LogP contribution in [0.4, 0.5) is 0 Å². The summed E-state index contributed by atoms with van der Waals surface area (Å²) in [5.41, 5.74) is 0. The fourth-order valence-corrected chi connectivity index (χ4v) is 1.17. The van der Waals surface area contributed by atoms with E-state index in [9.17, 15) is 0 Å². The van der Waals surface area contributed by atoms with Gasteiger partial charge < -0.3 is 4.90 Å². The summed E-state index contributed by atoms with van der Waals surface area (Å²) in [6.07, 6.45) is 6.76. The Labute approximate surface area is 85.5 Å². The van der Waals surface area contributed by atoms with Crippen molar-refractivity contribution in [2.24, 2.45) is 0 Å². The fraction of sp³-hybridized carbons (Fsp3) is 1.00. The van der Waals surface area contributed by atoms with Gasteiger partial charge in [0.1, 0.15) is 0 Å². The van der Waals surface area contributed by atoms with Crippen LogP contribution in [-0.4, -0.2) is 25.0 Å². The van der Waals surface area contributed by atoms with Crippen molar-refractivity contribution in [3.63, 3.8) is 0 Å². The molecule has 0 aromatic heterocycles. The SMILES string of the molecule is CC.CCCCCN(C)CCCC. The Morgan fingerprint density at radius 1 is 0.769 bits per heavy atom. The van der Waals surface area contributed by atoms with Gasteiger partial charge >= 0.3 is 0 Å². The Morgan fingerprint density at radius 3 is 1.69 bits per heavy atom. The molecule has 0 aliphatic rings. The third-order valence-electron chi connectivity index (χ3n) is 2.04. The van der Waals surface area contributed by atoms with E-state index in [1.807, 2.05) is 13.8 Å². The van der Waals surface area contributed by atoms with E-state index in [-0.39, 0.29) is 0 Å². The van der Waals surface area contributed by atoms with Gasteiger partial charge in [0.15, 0.2) is 0 Å². The maximum absolute atomic E-state index is 2.44. The van der Waals surface area contributed by atoms with E-state index in [1.165, 1.54) is 45.2 Å². The third-order valence-corrected chi connectivity index (χ3v) is 2.04. The molecule has 0 aliphatic carbocycles. The van der Waals surface area contributed by atoms with Crippen molar-refractivity contribution in [1.82, 2.24) is 4.90 Å². The third kappa shape index (κ3) is 14.8. The van der Waals surface area contributed by atoms with Crippen molar-refractivity contribution in [1.29, 1.82) is 0 Å². The maximum atomic E-state index is 2.44. The van der Waals surface area contributed by atoms with Gasteiger partial charge in [-0.1, -0.05) is 47.0 Å². The first-order chi connectivity index (χ1) is 6.31. The molecule has 0 aromatic carbocycles. The highest BCUT2D eigenvalue weighted by atomic mass is 15.1. The molecular weight excluding hydrogens is 158 g/mol. The van der Waals surface area contributed by atoms with Gasteiger partial charge in [-0.05, 0) is 33.0 Å². The second-order valence-corrected chi connectivity index (χ2v) is 3.36. The average molecular weight is 187 g/mol. The minimum Gasteiger partial charge on any atom is -0.306 e. The summed E-state index contributed by atoms with van der Waals surface area (Å²) in [6.45, 7) is 11.1. The molecule has 0 bridgehead atoms.